The van der Waals surface area contributed by atoms with Crippen LogP contribution in [0.4, 0.5) is 8.78 Å². The lowest BCUT2D eigenvalue weighted by Crippen LogP contribution is -2.10. The van der Waals surface area contributed by atoms with Crippen molar-refractivity contribution in [1.82, 2.24) is 0 Å². The van der Waals surface area contributed by atoms with Crippen molar-refractivity contribution in [2.45, 2.75) is 87.0 Å². The molecular weight excluding hydrogens is 410 g/mol. The third-order valence-electron chi connectivity index (χ3n) is 6.88. The predicted molar refractivity (Wildman–Crippen MR) is 144 cm³/mol. The molecule has 0 aliphatic heterocycles. The minimum absolute atomic E-state index is 0.0292. The Hall–Kier alpha value is -1.96. The van der Waals surface area contributed by atoms with Gasteiger partial charge >= 0.3 is 0 Å². The molecule has 33 heavy (non-hydrogen) atoms. The van der Waals surface area contributed by atoms with Gasteiger partial charge in [0.15, 0.2) is 0 Å². The fourth-order valence-corrected chi connectivity index (χ4v) is 3.43. The van der Waals surface area contributed by atoms with Crippen LogP contribution in [0.15, 0.2) is 84.1 Å². The Bertz CT molecular complexity index is 775. The van der Waals surface area contributed by atoms with Gasteiger partial charge < -0.3 is 0 Å². The van der Waals surface area contributed by atoms with Gasteiger partial charge in [-0.05, 0) is 91.2 Å². The Labute approximate surface area is 203 Å². The van der Waals surface area contributed by atoms with E-state index >= 15 is 0 Å². The number of unbranched alkanes of at least 4 members (excludes halogenated alkanes) is 1. The quantitative estimate of drug-likeness (QED) is 0.202. The Morgan fingerprint density at radius 2 is 1.27 bits per heavy atom. The van der Waals surface area contributed by atoms with Crippen molar-refractivity contribution in [3.05, 3.63) is 84.1 Å². The highest BCUT2D eigenvalue weighted by molar-refractivity contribution is 5.43. The van der Waals surface area contributed by atoms with Crippen molar-refractivity contribution >= 4 is 0 Å². The zero-order chi connectivity index (χ0) is 25.7. The van der Waals surface area contributed by atoms with Crippen LogP contribution in [0.3, 0.4) is 0 Å². The smallest absolute Gasteiger partial charge is 0.130 e. The number of allylic oxidation sites excluding steroid dienone is 10. The van der Waals surface area contributed by atoms with Crippen LogP contribution < -0.4 is 0 Å². The Morgan fingerprint density at radius 1 is 0.758 bits per heavy atom. The average Bonchev–Trinajstić information content (AvgIpc) is 2.77. The summed E-state index contributed by atoms with van der Waals surface area (Å²) in [5, 5.41) is 0. The third-order valence-corrected chi connectivity index (χ3v) is 6.88. The lowest BCUT2D eigenvalue weighted by Gasteiger charge is -2.22. The van der Waals surface area contributed by atoms with E-state index in [9.17, 15) is 8.78 Å². The molecule has 4 atom stereocenters. The molecule has 0 aliphatic rings. The predicted octanol–water partition coefficient (Wildman–Crippen LogP) is 10.8. The van der Waals surface area contributed by atoms with E-state index in [-0.39, 0.29) is 23.5 Å². The third kappa shape index (κ3) is 12.2. The van der Waals surface area contributed by atoms with Crippen LogP contribution >= 0.6 is 0 Å². The first-order valence-electron chi connectivity index (χ1n) is 12.5. The van der Waals surface area contributed by atoms with E-state index in [0.717, 1.165) is 29.9 Å². The summed E-state index contributed by atoms with van der Waals surface area (Å²) in [6, 6.07) is 0. The molecule has 0 aliphatic carbocycles. The summed E-state index contributed by atoms with van der Waals surface area (Å²) in [7, 11) is 0. The maximum Gasteiger partial charge on any atom is 0.130 e. The van der Waals surface area contributed by atoms with Gasteiger partial charge in [0.25, 0.3) is 0 Å². The molecule has 0 saturated carbocycles. The second-order valence-electron chi connectivity index (χ2n) is 9.99. The number of hydrogen-bond donors (Lipinski definition) is 0. The van der Waals surface area contributed by atoms with Crippen molar-refractivity contribution in [3.63, 3.8) is 0 Å². The van der Waals surface area contributed by atoms with Crippen LogP contribution in [0, 0.1) is 23.7 Å². The van der Waals surface area contributed by atoms with E-state index in [4.69, 9.17) is 0 Å². The van der Waals surface area contributed by atoms with Crippen LogP contribution in [0.1, 0.15) is 87.0 Å². The molecule has 0 saturated heterocycles. The molecule has 0 rings (SSSR count). The summed E-state index contributed by atoms with van der Waals surface area (Å²) >= 11 is 0. The molecule has 2 heteroatoms. The van der Waals surface area contributed by atoms with Crippen LogP contribution in [-0.2, 0) is 0 Å². The molecule has 186 valence electrons. The van der Waals surface area contributed by atoms with E-state index in [2.05, 4.69) is 54.0 Å². The summed E-state index contributed by atoms with van der Waals surface area (Å²) in [6.45, 7) is 30.0. The Morgan fingerprint density at radius 3 is 1.82 bits per heavy atom. The van der Waals surface area contributed by atoms with Gasteiger partial charge in [-0.1, -0.05) is 86.3 Å². The largest absolute Gasteiger partial charge is 0.207 e. The molecular formula is C31H48F2. The Kier molecular flexibility index (Phi) is 14.9. The van der Waals surface area contributed by atoms with Crippen molar-refractivity contribution in [3.8, 4) is 0 Å². The molecule has 4 unspecified atom stereocenters. The fraction of sp³-hybridized carbons (Fsp3) is 0.548. The van der Waals surface area contributed by atoms with Crippen LogP contribution in [0.5, 0.6) is 0 Å². The lowest BCUT2D eigenvalue weighted by molar-refractivity contribution is 0.318. The van der Waals surface area contributed by atoms with Gasteiger partial charge in [0.05, 0.1) is 0 Å². The number of hydrogen-bond acceptors (Lipinski definition) is 0. The molecule has 0 aromatic carbocycles. The maximum atomic E-state index is 14.8. The highest BCUT2D eigenvalue weighted by Gasteiger charge is 2.15. The summed E-state index contributed by atoms with van der Waals surface area (Å²) in [4.78, 5) is 0. The Balaban J connectivity index is 4.89. The second-order valence-corrected chi connectivity index (χ2v) is 9.99. The van der Waals surface area contributed by atoms with Gasteiger partial charge in [-0.25, -0.2) is 8.78 Å². The average molecular weight is 459 g/mol. The van der Waals surface area contributed by atoms with Crippen molar-refractivity contribution in [1.29, 1.82) is 0 Å². The highest BCUT2D eigenvalue weighted by atomic mass is 19.1. The summed E-state index contributed by atoms with van der Waals surface area (Å²) in [6.07, 6.45) is 11.4. The summed E-state index contributed by atoms with van der Waals surface area (Å²) in [5.41, 5.74) is 3.00. The zero-order valence-electron chi connectivity index (χ0n) is 22.4. The summed E-state index contributed by atoms with van der Waals surface area (Å²) in [5.74, 6) is 0.939. The van der Waals surface area contributed by atoms with Gasteiger partial charge in [-0.3, -0.25) is 0 Å². The van der Waals surface area contributed by atoms with Gasteiger partial charge in [0, 0.05) is 5.57 Å². The lowest BCUT2D eigenvalue weighted by atomic mass is 9.84. The van der Waals surface area contributed by atoms with E-state index < -0.39 is 0 Å². The highest BCUT2D eigenvalue weighted by Crippen LogP contribution is 2.29. The fourth-order valence-electron chi connectivity index (χ4n) is 3.43. The first kappa shape index (κ1) is 31.0. The number of rotatable bonds is 16. The van der Waals surface area contributed by atoms with E-state index in [1.54, 1.807) is 6.92 Å². The topological polar surface area (TPSA) is 0 Å². The van der Waals surface area contributed by atoms with Gasteiger partial charge in [-0.2, -0.15) is 0 Å². The van der Waals surface area contributed by atoms with E-state index in [1.165, 1.54) is 31.4 Å². The van der Waals surface area contributed by atoms with Crippen LogP contribution in [-0.4, -0.2) is 0 Å². The van der Waals surface area contributed by atoms with Crippen molar-refractivity contribution in [2.75, 3.05) is 0 Å². The van der Waals surface area contributed by atoms with Crippen LogP contribution in [0.25, 0.3) is 0 Å². The minimum Gasteiger partial charge on any atom is -0.207 e. The number of halogens is 2. The molecule has 0 spiro atoms. The van der Waals surface area contributed by atoms with Gasteiger partial charge in [0.2, 0.25) is 0 Å². The van der Waals surface area contributed by atoms with Crippen molar-refractivity contribution in [2.24, 2.45) is 23.7 Å². The molecule has 0 fully saturated rings. The first-order valence-corrected chi connectivity index (χ1v) is 12.5. The van der Waals surface area contributed by atoms with Gasteiger partial charge in [-0.15, -0.1) is 0 Å². The zero-order valence-corrected chi connectivity index (χ0v) is 22.4. The second kappa shape index (κ2) is 15.8. The van der Waals surface area contributed by atoms with Gasteiger partial charge in [0.1, 0.15) is 11.7 Å². The molecule has 0 amide bonds. The standard InChI is InChI=1S/C31H48F2/c1-12-13-14-22(4)23(5)15-16-24(6)28(10)20-31(33)29(11)26(8)18-17-25(7)27(9)19-30(32)21(2)3/h18-20,22-25H,2,9-17H2,1,3-8H3/b26-18+,30-19+,31-20+. The minimum atomic E-state index is -0.358. The first-order chi connectivity index (χ1) is 15.3. The van der Waals surface area contributed by atoms with E-state index in [0.29, 0.717) is 29.1 Å². The van der Waals surface area contributed by atoms with Crippen LogP contribution in [0.2, 0.25) is 0 Å². The van der Waals surface area contributed by atoms with Crippen molar-refractivity contribution < 1.29 is 8.78 Å². The molecule has 0 aromatic rings. The SMILES string of the molecule is C=C(C)/C(F)=C\C(=C)C(C)C/C=C(\C)C(=C)/C(F)=C\C(=C)C(C)CCC(C)C(C)CCCC. The molecule has 0 N–H and O–H groups in total. The molecule has 0 heterocycles. The molecule has 0 aromatic heterocycles. The molecule has 0 radical (unpaired) electrons. The summed E-state index contributed by atoms with van der Waals surface area (Å²) < 4.78 is 28.6. The molecule has 0 bridgehead atoms. The normalized spacial score (nSPS) is 16.7. The molecule has 0 nitrogen and oxygen atoms in total. The monoisotopic (exact) mass is 458 g/mol. The van der Waals surface area contributed by atoms with E-state index in [1.807, 2.05) is 19.9 Å². The maximum absolute atomic E-state index is 14.8.